The number of unbranched alkanes of at least 4 members (excludes halogenated alkanes) is 24. The van der Waals surface area contributed by atoms with E-state index in [-0.39, 0.29) is 12.5 Å². The fourth-order valence-electron chi connectivity index (χ4n) is 7.09. The largest absolute Gasteiger partial charge is 0.394 e. The van der Waals surface area contributed by atoms with Gasteiger partial charge in [0.25, 0.3) is 0 Å². The maximum absolute atomic E-state index is 12.4. The van der Waals surface area contributed by atoms with Crippen LogP contribution in [0.15, 0.2) is 72.9 Å². The maximum atomic E-state index is 12.4. The van der Waals surface area contributed by atoms with Crippen molar-refractivity contribution in [3.05, 3.63) is 72.9 Å². The van der Waals surface area contributed by atoms with Crippen molar-refractivity contribution in [2.24, 2.45) is 0 Å². The van der Waals surface area contributed by atoms with Gasteiger partial charge in [0, 0.05) is 6.42 Å². The highest BCUT2D eigenvalue weighted by Crippen LogP contribution is 2.16. The van der Waals surface area contributed by atoms with E-state index in [1.54, 1.807) is 0 Å². The van der Waals surface area contributed by atoms with Gasteiger partial charge in [0.1, 0.15) is 0 Å². The lowest BCUT2D eigenvalue weighted by Crippen LogP contribution is -2.45. The van der Waals surface area contributed by atoms with Crippen LogP contribution in [0.2, 0.25) is 0 Å². The molecule has 0 aliphatic rings. The fourth-order valence-corrected chi connectivity index (χ4v) is 7.09. The highest BCUT2D eigenvalue weighted by atomic mass is 16.3. The van der Waals surface area contributed by atoms with Crippen LogP contribution in [0.4, 0.5) is 0 Å². The quantitative estimate of drug-likeness (QED) is 0.0426. The Bertz CT molecular complexity index is 977. The summed E-state index contributed by atoms with van der Waals surface area (Å²) in [4.78, 5) is 12.4. The van der Waals surface area contributed by atoms with Crippen molar-refractivity contribution in [2.45, 2.75) is 244 Å². The topological polar surface area (TPSA) is 69.6 Å². The lowest BCUT2D eigenvalue weighted by Gasteiger charge is -2.22. The second-order valence-corrected chi connectivity index (χ2v) is 16.2. The zero-order chi connectivity index (χ0) is 40.7. The van der Waals surface area contributed by atoms with Crippen LogP contribution in [0.1, 0.15) is 232 Å². The van der Waals surface area contributed by atoms with Crippen molar-refractivity contribution in [1.82, 2.24) is 5.32 Å². The van der Waals surface area contributed by atoms with Gasteiger partial charge in [-0.3, -0.25) is 4.79 Å². The Hall–Kier alpha value is -2.17. The summed E-state index contributed by atoms with van der Waals surface area (Å²) in [6, 6.07) is -0.581. The van der Waals surface area contributed by atoms with E-state index in [0.29, 0.717) is 19.3 Å². The van der Waals surface area contributed by atoms with Gasteiger partial charge in [-0.05, 0) is 51.4 Å². The van der Waals surface area contributed by atoms with E-state index in [1.165, 1.54) is 148 Å². The predicted octanol–water partition coefficient (Wildman–Crippen LogP) is 15.5. The molecule has 324 valence electrons. The van der Waals surface area contributed by atoms with Crippen molar-refractivity contribution >= 4 is 5.91 Å². The highest BCUT2D eigenvalue weighted by molar-refractivity contribution is 5.76. The molecule has 0 radical (unpaired) electrons. The average molecular weight is 780 g/mol. The molecular weight excluding hydrogens is 687 g/mol. The molecule has 0 aromatic heterocycles. The average Bonchev–Trinajstić information content (AvgIpc) is 3.20. The molecule has 0 spiro atoms. The first-order valence-corrected chi connectivity index (χ1v) is 24.1. The minimum Gasteiger partial charge on any atom is -0.394 e. The molecule has 1 amide bonds. The molecule has 0 aliphatic heterocycles. The van der Waals surface area contributed by atoms with Crippen molar-refractivity contribution in [3.63, 3.8) is 0 Å². The fraction of sp³-hybridized carbons (Fsp3) is 0.750. The van der Waals surface area contributed by atoms with Gasteiger partial charge in [-0.25, -0.2) is 0 Å². The number of carbonyl (C=O) groups excluding carboxylic acids is 1. The van der Waals surface area contributed by atoms with Gasteiger partial charge in [-0.2, -0.15) is 0 Å². The third-order valence-corrected chi connectivity index (χ3v) is 10.7. The first-order valence-electron chi connectivity index (χ1n) is 24.1. The van der Waals surface area contributed by atoms with Crippen molar-refractivity contribution in [3.8, 4) is 0 Å². The summed E-state index contributed by atoms with van der Waals surface area (Å²) in [6.45, 7) is 4.22. The smallest absolute Gasteiger partial charge is 0.220 e. The lowest BCUT2D eigenvalue weighted by atomic mass is 10.0. The number of aliphatic hydroxyl groups is 2. The Morgan fingerprint density at radius 3 is 1.07 bits per heavy atom. The molecule has 0 bridgehead atoms. The molecule has 0 rings (SSSR count). The van der Waals surface area contributed by atoms with Crippen LogP contribution < -0.4 is 5.32 Å². The molecule has 4 heteroatoms. The summed E-state index contributed by atoms with van der Waals surface area (Å²) in [5, 5.41) is 23.2. The summed E-state index contributed by atoms with van der Waals surface area (Å²) in [6.07, 6.45) is 67.3. The van der Waals surface area contributed by atoms with Gasteiger partial charge in [0.05, 0.1) is 18.8 Å². The molecule has 0 aromatic carbocycles. The minimum absolute atomic E-state index is 0.113. The van der Waals surface area contributed by atoms with Crippen molar-refractivity contribution in [2.75, 3.05) is 6.61 Å². The third kappa shape index (κ3) is 43.0. The number of rotatable bonds is 43. The molecular formula is C52H93NO3. The summed E-state index contributed by atoms with van der Waals surface area (Å²) < 4.78 is 0. The Kier molecular flexibility index (Phi) is 45.4. The van der Waals surface area contributed by atoms with Gasteiger partial charge >= 0.3 is 0 Å². The Morgan fingerprint density at radius 1 is 0.446 bits per heavy atom. The molecule has 56 heavy (non-hydrogen) atoms. The zero-order valence-corrected chi connectivity index (χ0v) is 37.1. The molecule has 0 saturated carbocycles. The van der Waals surface area contributed by atoms with Crippen LogP contribution in [-0.4, -0.2) is 34.9 Å². The molecule has 0 aromatic rings. The molecule has 0 saturated heterocycles. The summed E-state index contributed by atoms with van der Waals surface area (Å²) >= 11 is 0. The van der Waals surface area contributed by atoms with E-state index < -0.39 is 12.1 Å². The Morgan fingerprint density at radius 2 is 0.750 bits per heavy atom. The number of nitrogens with one attached hydrogen (secondary N) is 1. The van der Waals surface area contributed by atoms with E-state index in [2.05, 4.69) is 86.0 Å². The van der Waals surface area contributed by atoms with Gasteiger partial charge in [0.15, 0.2) is 0 Å². The highest BCUT2D eigenvalue weighted by Gasteiger charge is 2.19. The standard InChI is InChI=1S/C52H93NO3/c1-3-5-7-9-11-13-15-17-19-21-23-24-25-26-27-28-30-31-33-35-37-39-41-43-45-47-51(55)50(49-54)53-52(56)48-46-44-42-40-38-36-34-32-29-22-20-18-16-14-12-10-8-6-4-2/h6,8,12,14,18,20,29,32,36,38,42,44,50-51,54-55H,3-5,7,9-11,13,15-17,19,21-28,30-31,33-35,37,39-41,43,45-49H2,1-2H3,(H,53,56)/b8-6-,14-12-,20-18-,32-29-,38-36-,44-42-. The minimum atomic E-state index is -0.695. The molecule has 2 atom stereocenters. The number of aliphatic hydroxyl groups excluding tert-OH is 2. The molecule has 2 unspecified atom stereocenters. The predicted molar refractivity (Wildman–Crippen MR) is 248 cm³/mol. The van der Waals surface area contributed by atoms with E-state index >= 15 is 0 Å². The molecule has 0 aliphatic carbocycles. The van der Waals surface area contributed by atoms with Crippen LogP contribution in [0, 0.1) is 0 Å². The molecule has 4 nitrogen and oxygen atoms in total. The van der Waals surface area contributed by atoms with Crippen LogP contribution in [0.5, 0.6) is 0 Å². The van der Waals surface area contributed by atoms with E-state index in [9.17, 15) is 15.0 Å². The Balaban J connectivity index is 3.59. The zero-order valence-electron chi connectivity index (χ0n) is 37.1. The first kappa shape index (κ1) is 53.8. The van der Waals surface area contributed by atoms with Crippen LogP contribution in [0.25, 0.3) is 0 Å². The lowest BCUT2D eigenvalue weighted by molar-refractivity contribution is -0.123. The van der Waals surface area contributed by atoms with Crippen LogP contribution >= 0.6 is 0 Å². The van der Waals surface area contributed by atoms with E-state index in [1.807, 2.05) is 6.08 Å². The second-order valence-electron chi connectivity index (χ2n) is 16.2. The summed E-state index contributed by atoms with van der Waals surface area (Å²) in [5.74, 6) is -0.113. The van der Waals surface area contributed by atoms with Gasteiger partial charge in [-0.15, -0.1) is 0 Å². The van der Waals surface area contributed by atoms with Crippen molar-refractivity contribution < 1.29 is 15.0 Å². The normalized spacial score (nSPS) is 13.6. The van der Waals surface area contributed by atoms with Gasteiger partial charge < -0.3 is 15.5 Å². The first-order chi connectivity index (χ1) is 27.7. The number of carbonyl (C=O) groups is 1. The van der Waals surface area contributed by atoms with Crippen LogP contribution in [0.3, 0.4) is 0 Å². The second kappa shape index (κ2) is 47.2. The molecule has 3 N–H and O–H groups in total. The summed E-state index contributed by atoms with van der Waals surface area (Å²) in [7, 11) is 0. The number of amides is 1. The number of hydrogen-bond acceptors (Lipinski definition) is 3. The summed E-state index contributed by atoms with van der Waals surface area (Å²) in [5.41, 5.74) is 0. The van der Waals surface area contributed by atoms with Gasteiger partial charge in [-0.1, -0.05) is 247 Å². The van der Waals surface area contributed by atoms with Gasteiger partial charge in [0.2, 0.25) is 5.91 Å². The Labute approximate surface area is 349 Å². The van der Waals surface area contributed by atoms with Crippen LogP contribution in [-0.2, 0) is 4.79 Å². The third-order valence-electron chi connectivity index (χ3n) is 10.7. The molecule has 0 fully saturated rings. The SMILES string of the molecule is CC/C=C\C/C=C\C/C=C\C/C=C\C/C=C\C/C=C\CCC(=O)NC(CO)C(O)CCCCCCCCCCCCCCCCCCCCCCCCCCC. The van der Waals surface area contributed by atoms with E-state index in [4.69, 9.17) is 0 Å². The maximum Gasteiger partial charge on any atom is 0.220 e. The van der Waals surface area contributed by atoms with Crippen molar-refractivity contribution in [1.29, 1.82) is 0 Å². The number of hydrogen-bond donors (Lipinski definition) is 3. The monoisotopic (exact) mass is 780 g/mol. The molecule has 0 heterocycles. The number of allylic oxidation sites excluding steroid dienone is 12. The van der Waals surface area contributed by atoms with E-state index in [0.717, 1.165) is 51.4 Å².